The van der Waals surface area contributed by atoms with E-state index >= 15 is 0 Å². The molecule has 0 aliphatic heterocycles. The number of pyridine rings is 2. The quantitative estimate of drug-likeness (QED) is 0.843. The van der Waals surface area contributed by atoms with Gasteiger partial charge in [0.2, 0.25) is 0 Å². The van der Waals surface area contributed by atoms with E-state index < -0.39 is 11.5 Å². The standard InChI is InChI=1S/C13H14N2O4/c1-3-15-11-8(6-5-7-14-11)10(16)9(12(15)17)13(18)19-4-2/h5-7,16H,3-4H2,1-2H3. The van der Waals surface area contributed by atoms with Gasteiger partial charge in [-0.15, -0.1) is 0 Å². The van der Waals surface area contributed by atoms with Gasteiger partial charge in [0.25, 0.3) is 5.56 Å². The Hall–Kier alpha value is -2.37. The molecule has 0 radical (unpaired) electrons. The Bertz CT molecular complexity index is 691. The van der Waals surface area contributed by atoms with Gasteiger partial charge in [0, 0.05) is 12.7 Å². The van der Waals surface area contributed by atoms with Crippen molar-refractivity contribution in [3.8, 4) is 5.75 Å². The van der Waals surface area contributed by atoms with Crippen LogP contribution >= 0.6 is 0 Å². The van der Waals surface area contributed by atoms with Gasteiger partial charge in [-0.25, -0.2) is 9.78 Å². The van der Waals surface area contributed by atoms with E-state index in [4.69, 9.17) is 4.74 Å². The summed E-state index contributed by atoms with van der Waals surface area (Å²) < 4.78 is 6.14. The minimum Gasteiger partial charge on any atom is -0.506 e. The Kier molecular flexibility index (Phi) is 3.50. The molecule has 2 aromatic rings. The smallest absolute Gasteiger partial charge is 0.347 e. The summed E-state index contributed by atoms with van der Waals surface area (Å²) >= 11 is 0. The van der Waals surface area contributed by atoms with Crippen molar-refractivity contribution >= 4 is 17.0 Å². The molecule has 2 heterocycles. The van der Waals surface area contributed by atoms with E-state index in [0.717, 1.165) is 0 Å². The summed E-state index contributed by atoms with van der Waals surface area (Å²) in [6, 6.07) is 3.23. The van der Waals surface area contributed by atoms with Crippen molar-refractivity contribution < 1.29 is 14.6 Å². The molecular weight excluding hydrogens is 248 g/mol. The maximum atomic E-state index is 12.2. The number of fused-ring (bicyclic) bond motifs is 1. The number of hydrogen-bond donors (Lipinski definition) is 1. The molecule has 0 saturated heterocycles. The molecule has 0 spiro atoms. The highest BCUT2D eigenvalue weighted by Crippen LogP contribution is 2.25. The van der Waals surface area contributed by atoms with E-state index in [9.17, 15) is 14.7 Å². The van der Waals surface area contributed by atoms with Gasteiger partial charge in [0.1, 0.15) is 11.4 Å². The lowest BCUT2D eigenvalue weighted by Gasteiger charge is -2.11. The molecule has 0 amide bonds. The second-order valence-corrected chi connectivity index (χ2v) is 3.87. The monoisotopic (exact) mass is 262 g/mol. The van der Waals surface area contributed by atoms with Crippen molar-refractivity contribution in [1.29, 1.82) is 0 Å². The largest absolute Gasteiger partial charge is 0.506 e. The van der Waals surface area contributed by atoms with Crippen LogP contribution in [0, 0.1) is 0 Å². The molecule has 6 heteroatoms. The van der Waals surface area contributed by atoms with Crippen molar-refractivity contribution in [2.75, 3.05) is 6.61 Å². The summed E-state index contributed by atoms with van der Waals surface area (Å²) in [5, 5.41) is 10.4. The second-order valence-electron chi connectivity index (χ2n) is 3.87. The van der Waals surface area contributed by atoms with Gasteiger partial charge in [-0.3, -0.25) is 9.36 Å². The Morgan fingerprint density at radius 1 is 1.47 bits per heavy atom. The Morgan fingerprint density at radius 2 is 2.21 bits per heavy atom. The zero-order chi connectivity index (χ0) is 14.0. The van der Waals surface area contributed by atoms with Gasteiger partial charge in [-0.1, -0.05) is 0 Å². The number of aromatic nitrogens is 2. The maximum absolute atomic E-state index is 12.2. The fourth-order valence-corrected chi connectivity index (χ4v) is 1.94. The van der Waals surface area contributed by atoms with E-state index in [1.807, 2.05) is 0 Å². The molecular formula is C13H14N2O4. The molecule has 19 heavy (non-hydrogen) atoms. The lowest BCUT2D eigenvalue weighted by atomic mass is 10.1. The molecule has 2 aromatic heterocycles. The van der Waals surface area contributed by atoms with Crippen LogP contribution < -0.4 is 5.56 Å². The molecule has 0 fully saturated rings. The third kappa shape index (κ3) is 2.05. The Morgan fingerprint density at radius 3 is 2.84 bits per heavy atom. The number of ether oxygens (including phenoxy) is 1. The first kappa shape index (κ1) is 13.1. The van der Waals surface area contributed by atoms with Gasteiger partial charge in [0.05, 0.1) is 12.0 Å². The van der Waals surface area contributed by atoms with Crippen molar-refractivity contribution in [2.24, 2.45) is 0 Å². The molecule has 0 bridgehead atoms. The number of aromatic hydroxyl groups is 1. The van der Waals surface area contributed by atoms with Gasteiger partial charge >= 0.3 is 5.97 Å². The zero-order valence-corrected chi connectivity index (χ0v) is 10.7. The molecule has 0 aliphatic rings. The fraction of sp³-hybridized carbons (Fsp3) is 0.308. The van der Waals surface area contributed by atoms with Gasteiger partial charge in [-0.2, -0.15) is 0 Å². The molecule has 0 aromatic carbocycles. The third-order valence-electron chi connectivity index (χ3n) is 2.79. The second kappa shape index (κ2) is 5.09. The minimum absolute atomic E-state index is 0.134. The third-order valence-corrected chi connectivity index (χ3v) is 2.79. The zero-order valence-electron chi connectivity index (χ0n) is 10.7. The normalized spacial score (nSPS) is 10.6. The van der Waals surface area contributed by atoms with Crippen molar-refractivity contribution in [2.45, 2.75) is 20.4 Å². The molecule has 100 valence electrons. The predicted molar refractivity (Wildman–Crippen MR) is 69.3 cm³/mol. The van der Waals surface area contributed by atoms with Crippen LogP contribution in [0.3, 0.4) is 0 Å². The topological polar surface area (TPSA) is 81.4 Å². The summed E-state index contributed by atoms with van der Waals surface area (Å²) in [4.78, 5) is 28.1. The average Bonchev–Trinajstić information content (AvgIpc) is 2.40. The number of rotatable bonds is 3. The van der Waals surface area contributed by atoms with E-state index in [1.165, 1.54) is 10.8 Å². The molecule has 0 saturated carbocycles. The SMILES string of the molecule is CCOC(=O)c1c(O)c2cccnc2n(CC)c1=O. The summed E-state index contributed by atoms with van der Waals surface area (Å²) in [6.07, 6.45) is 1.53. The van der Waals surface area contributed by atoms with Gasteiger partial charge in [0.15, 0.2) is 5.56 Å². The number of carbonyl (C=O) groups is 1. The maximum Gasteiger partial charge on any atom is 0.347 e. The summed E-state index contributed by atoms with van der Waals surface area (Å²) in [6.45, 7) is 3.88. The summed E-state index contributed by atoms with van der Waals surface area (Å²) in [7, 11) is 0. The first-order valence-corrected chi connectivity index (χ1v) is 5.99. The van der Waals surface area contributed by atoms with E-state index in [2.05, 4.69) is 4.98 Å². The summed E-state index contributed by atoms with van der Waals surface area (Å²) in [5.74, 6) is -1.20. The number of aryl methyl sites for hydroxylation is 1. The number of esters is 1. The highest BCUT2D eigenvalue weighted by Gasteiger charge is 2.23. The van der Waals surface area contributed by atoms with Gasteiger partial charge in [-0.05, 0) is 26.0 Å². The molecule has 0 atom stereocenters. The molecule has 0 unspecified atom stereocenters. The highest BCUT2D eigenvalue weighted by molar-refractivity contribution is 5.98. The highest BCUT2D eigenvalue weighted by atomic mass is 16.5. The Labute approximate surface area is 109 Å². The van der Waals surface area contributed by atoms with Crippen LogP contribution in [0.15, 0.2) is 23.1 Å². The summed E-state index contributed by atoms with van der Waals surface area (Å²) in [5.41, 5.74) is -0.589. The van der Waals surface area contributed by atoms with Crippen molar-refractivity contribution in [1.82, 2.24) is 9.55 Å². The molecule has 1 N–H and O–H groups in total. The Balaban J connectivity index is 2.85. The lowest BCUT2D eigenvalue weighted by molar-refractivity contribution is 0.0520. The predicted octanol–water partition coefficient (Wildman–Crippen LogP) is 1.30. The minimum atomic E-state index is -0.821. The number of nitrogens with zero attached hydrogens (tertiary/aromatic N) is 2. The molecule has 6 nitrogen and oxygen atoms in total. The van der Waals surface area contributed by atoms with E-state index in [-0.39, 0.29) is 17.9 Å². The first-order chi connectivity index (χ1) is 9.11. The van der Waals surface area contributed by atoms with Crippen LogP contribution in [0.4, 0.5) is 0 Å². The van der Waals surface area contributed by atoms with Crippen LogP contribution in [0.25, 0.3) is 11.0 Å². The van der Waals surface area contributed by atoms with E-state index in [0.29, 0.717) is 17.6 Å². The molecule has 2 rings (SSSR count). The number of carbonyl (C=O) groups excluding carboxylic acids is 1. The van der Waals surface area contributed by atoms with Gasteiger partial charge < -0.3 is 9.84 Å². The van der Waals surface area contributed by atoms with Crippen LogP contribution in [-0.4, -0.2) is 27.2 Å². The average molecular weight is 262 g/mol. The first-order valence-electron chi connectivity index (χ1n) is 5.99. The van der Waals surface area contributed by atoms with E-state index in [1.54, 1.807) is 26.0 Å². The number of hydrogen-bond acceptors (Lipinski definition) is 5. The molecule has 0 aliphatic carbocycles. The van der Waals surface area contributed by atoms with Crippen LogP contribution in [0.2, 0.25) is 0 Å². The van der Waals surface area contributed by atoms with Crippen LogP contribution in [-0.2, 0) is 11.3 Å². The van der Waals surface area contributed by atoms with Crippen molar-refractivity contribution in [3.05, 3.63) is 34.2 Å². The van der Waals surface area contributed by atoms with Crippen LogP contribution in [0.1, 0.15) is 24.2 Å². The van der Waals surface area contributed by atoms with Crippen LogP contribution in [0.5, 0.6) is 5.75 Å². The fourth-order valence-electron chi connectivity index (χ4n) is 1.94. The van der Waals surface area contributed by atoms with Crippen molar-refractivity contribution in [3.63, 3.8) is 0 Å². The lowest BCUT2D eigenvalue weighted by Crippen LogP contribution is -2.28.